The van der Waals surface area contributed by atoms with E-state index in [2.05, 4.69) is 63.5 Å². The Bertz CT molecular complexity index is 821. The summed E-state index contributed by atoms with van der Waals surface area (Å²) in [6.45, 7) is 4.58. The van der Waals surface area contributed by atoms with Crippen LogP contribution in [0.15, 0.2) is 66.9 Å². The minimum absolute atomic E-state index is 0.746. The third-order valence-corrected chi connectivity index (χ3v) is 4.40. The number of methoxy groups -OCH3 is 1. The highest BCUT2D eigenvalue weighted by Gasteiger charge is 2.09. The van der Waals surface area contributed by atoms with Gasteiger partial charge in [-0.15, -0.1) is 0 Å². The third kappa shape index (κ3) is 5.45. The van der Waals surface area contributed by atoms with E-state index in [0.29, 0.717) is 0 Å². The number of hydrogen-bond acceptors (Lipinski definition) is 5. The summed E-state index contributed by atoms with van der Waals surface area (Å²) in [4.78, 5) is 11.3. The molecule has 1 aromatic heterocycles. The van der Waals surface area contributed by atoms with Crippen LogP contribution >= 0.6 is 0 Å². The fourth-order valence-corrected chi connectivity index (χ4v) is 2.85. The summed E-state index contributed by atoms with van der Waals surface area (Å²) in [5.74, 6) is 2.47. The molecule has 27 heavy (non-hydrogen) atoms. The second kappa shape index (κ2) is 9.57. The lowest BCUT2D eigenvalue weighted by molar-refractivity contribution is 0.414. The van der Waals surface area contributed by atoms with Gasteiger partial charge in [-0.2, -0.15) is 4.98 Å². The Labute approximate surface area is 161 Å². The number of anilines is 2. The molecule has 140 valence electrons. The Morgan fingerprint density at radius 2 is 1.74 bits per heavy atom. The van der Waals surface area contributed by atoms with E-state index in [1.165, 1.54) is 11.1 Å². The Morgan fingerprint density at radius 3 is 2.44 bits per heavy atom. The molecule has 1 N–H and O–H groups in total. The van der Waals surface area contributed by atoms with Gasteiger partial charge in [0, 0.05) is 25.8 Å². The van der Waals surface area contributed by atoms with E-state index in [0.717, 1.165) is 43.6 Å². The Hall–Kier alpha value is -3.08. The van der Waals surface area contributed by atoms with E-state index in [1.54, 1.807) is 7.11 Å². The number of benzene rings is 2. The maximum Gasteiger partial charge on any atom is 0.227 e. The van der Waals surface area contributed by atoms with Crippen molar-refractivity contribution in [2.75, 3.05) is 30.4 Å². The van der Waals surface area contributed by atoms with Crippen molar-refractivity contribution in [3.05, 3.63) is 78.0 Å². The predicted octanol–water partition coefficient (Wildman–Crippen LogP) is 4.17. The molecule has 0 unspecified atom stereocenters. The molecule has 2 aromatic carbocycles. The lowest BCUT2D eigenvalue weighted by atomic mass is 10.1. The second-order valence-electron chi connectivity index (χ2n) is 6.27. The highest BCUT2D eigenvalue weighted by atomic mass is 16.5. The number of nitrogens with zero attached hydrogens (tertiary/aromatic N) is 3. The molecule has 0 amide bonds. The fraction of sp³-hybridized carbons (Fsp3) is 0.273. The number of hydrogen-bond donors (Lipinski definition) is 1. The van der Waals surface area contributed by atoms with Crippen LogP contribution in [-0.4, -0.2) is 30.2 Å². The summed E-state index contributed by atoms with van der Waals surface area (Å²) >= 11 is 0. The Kier molecular flexibility index (Phi) is 6.63. The van der Waals surface area contributed by atoms with Crippen molar-refractivity contribution in [1.82, 2.24) is 9.97 Å². The van der Waals surface area contributed by atoms with Crippen molar-refractivity contribution in [2.24, 2.45) is 0 Å². The number of rotatable bonds is 9. The van der Waals surface area contributed by atoms with Crippen molar-refractivity contribution in [3.8, 4) is 5.75 Å². The van der Waals surface area contributed by atoms with Gasteiger partial charge in [0.1, 0.15) is 11.6 Å². The normalized spacial score (nSPS) is 10.4. The Balaban J connectivity index is 1.58. The topological polar surface area (TPSA) is 50.3 Å². The van der Waals surface area contributed by atoms with Crippen molar-refractivity contribution in [1.29, 1.82) is 0 Å². The summed E-state index contributed by atoms with van der Waals surface area (Å²) in [6, 6.07) is 20.5. The molecule has 0 aliphatic heterocycles. The molecule has 0 atom stereocenters. The zero-order valence-corrected chi connectivity index (χ0v) is 15.9. The van der Waals surface area contributed by atoms with Gasteiger partial charge >= 0.3 is 0 Å². The molecule has 3 rings (SSSR count). The van der Waals surface area contributed by atoms with E-state index in [1.807, 2.05) is 30.5 Å². The Morgan fingerprint density at radius 1 is 0.963 bits per heavy atom. The largest absolute Gasteiger partial charge is 0.497 e. The molecule has 5 nitrogen and oxygen atoms in total. The standard InChI is InChI=1S/C22H26N4O/c1-3-26(17-19-7-5-4-6-8-19)22-24-16-14-21(25-22)23-15-13-18-9-11-20(27-2)12-10-18/h4-12,14,16H,3,13,15,17H2,1-2H3,(H,23,24,25). The molecule has 0 saturated heterocycles. The number of aromatic nitrogens is 2. The van der Waals surface area contributed by atoms with Crippen molar-refractivity contribution >= 4 is 11.8 Å². The molecular formula is C22H26N4O. The fourth-order valence-electron chi connectivity index (χ4n) is 2.85. The molecule has 5 heteroatoms. The summed E-state index contributed by atoms with van der Waals surface area (Å²) in [5.41, 5.74) is 2.51. The highest BCUT2D eigenvalue weighted by molar-refractivity contribution is 5.42. The second-order valence-corrected chi connectivity index (χ2v) is 6.27. The van der Waals surface area contributed by atoms with Crippen molar-refractivity contribution in [2.45, 2.75) is 19.9 Å². The number of ether oxygens (including phenoxy) is 1. The molecule has 0 saturated carbocycles. The highest BCUT2D eigenvalue weighted by Crippen LogP contribution is 2.15. The smallest absolute Gasteiger partial charge is 0.227 e. The minimum atomic E-state index is 0.746. The van der Waals surface area contributed by atoms with Crippen LogP contribution in [0.4, 0.5) is 11.8 Å². The van der Waals surface area contributed by atoms with Gasteiger partial charge in [0.05, 0.1) is 7.11 Å². The number of nitrogens with one attached hydrogen (secondary N) is 1. The van der Waals surface area contributed by atoms with Crippen LogP contribution in [0, 0.1) is 0 Å². The van der Waals surface area contributed by atoms with Gasteiger partial charge in [-0.1, -0.05) is 42.5 Å². The SMILES string of the molecule is CCN(Cc1ccccc1)c1nccc(NCCc2ccc(OC)cc2)n1. The van der Waals surface area contributed by atoms with E-state index in [-0.39, 0.29) is 0 Å². The predicted molar refractivity (Wildman–Crippen MR) is 110 cm³/mol. The van der Waals surface area contributed by atoms with Gasteiger partial charge in [-0.05, 0) is 42.7 Å². The van der Waals surface area contributed by atoms with E-state index >= 15 is 0 Å². The van der Waals surface area contributed by atoms with Gasteiger partial charge in [0.2, 0.25) is 5.95 Å². The molecule has 0 aliphatic carbocycles. The summed E-state index contributed by atoms with van der Waals surface area (Å²) in [5, 5.41) is 3.40. The molecule has 0 fully saturated rings. The van der Waals surface area contributed by atoms with Crippen LogP contribution in [0.5, 0.6) is 5.75 Å². The average Bonchev–Trinajstić information content (AvgIpc) is 2.73. The zero-order valence-electron chi connectivity index (χ0n) is 15.9. The van der Waals surface area contributed by atoms with Gasteiger partial charge in [0.15, 0.2) is 0 Å². The van der Waals surface area contributed by atoms with Gasteiger partial charge in [-0.3, -0.25) is 0 Å². The third-order valence-electron chi connectivity index (χ3n) is 4.40. The van der Waals surface area contributed by atoms with Gasteiger partial charge in [-0.25, -0.2) is 4.98 Å². The van der Waals surface area contributed by atoms with Gasteiger partial charge in [0.25, 0.3) is 0 Å². The van der Waals surface area contributed by atoms with Crippen LogP contribution in [0.1, 0.15) is 18.1 Å². The molecule has 0 radical (unpaired) electrons. The first-order valence-electron chi connectivity index (χ1n) is 9.27. The summed E-state index contributed by atoms with van der Waals surface area (Å²) < 4.78 is 5.19. The quantitative estimate of drug-likeness (QED) is 0.619. The molecule has 0 spiro atoms. The maximum absolute atomic E-state index is 5.19. The van der Waals surface area contributed by atoms with Gasteiger partial charge < -0.3 is 15.0 Å². The van der Waals surface area contributed by atoms with Crippen LogP contribution in [0.25, 0.3) is 0 Å². The first-order valence-corrected chi connectivity index (χ1v) is 9.27. The zero-order chi connectivity index (χ0) is 18.9. The minimum Gasteiger partial charge on any atom is -0.497 e. The van der Waals surface area contributed by atoms with Crippen molar-refractivity contribution in [3.63, 3.8) is 0 Å². The van der Waals surface area contributed by atoms with E-state index in [9.17, 15) is 0 Å². The van der Waals surface area contributed by atoms with E-state index < -0.39 is 0 Å². The van der Waals surface area contributed by atoms with E-state index in [4.69, 9.17) is 4.74 Å². The van der Waals surface area contributed by atoms with Crippen LogP contribution in [-0.2, 0) is 13.0 Å². The summed E-state index contributed by atoms with van der Waals surface area (Å²) in [6.07, 6.45) is 2.73. The summed E-state index contributed by atoms with van der Waals surface area (Å²) in [7, 11) is 1.68. The molecule has 0 aliphatic rings. The first kappa shape index (κ1) is 18.7. The first-order chi connectivity index (χ1) is 13.3. The van der Waals surface area contributed by atoms with Crippen molar-refractivity contribution < 1.29 is 4.74 Å². The average molecular weight is 362 g/mol. The lowest BCUT2D eigenvalue weighted by Crippen LogP contribution is -2.24. The molecular weight excluding hydrogens is 336 g/mol. The van der Waals surface area contributed by atoms with Crippen LogP contribution in [0.2, 0.25) is 0 Å². The molecule has 1 heterocycles. The lowest BCUT2D eigenvalue weighted by Gasteiger charge is -2.21. The molecule has 3 aromatic rings. The maximum atomic E-state index is 5.19. The van der Waals surface area contributed by atoms with Crippen LogP contribution < -0.4 is 15.0 Å². The van der Waals surface area contributed by atoms with Crippen LogP contribution in [0.3, 0.4) is 0 Å². The monoisotopic (exact) mass is 362 g/mol. The molecule has 0 bridgehead atoms.